The van der Waals surface area contributed by atoms with Gasteiger partial charge >= 0.3 is 5.97 Å². The van der Waals surface area contributed by atoms with Crippen LogP contribution in [-0.2, 0) is 15.1 Å². The van der Waals surface area contributed by atoms with E-state index in [1.807, 2.05) is 30.3 Å². The molecular weight excluding hydrogens is 228 g/mol. The molecule has 0 spiro atoms. The predicted octanol–water partition coefficient (Wildman–Crippen LogP) is 2.63. The van der Waals surface area contributed by atoms with Gasteiger partial charge < -0.3 is 9.84 Å². The van der Waals surface area contributed by atoms with Crippen LogP contribution in [0.1, 0.15) is 37.7 Å². The zero-order valence-corrected chi connectivity index (χ0v) is 10.8. The molecule has 0 unspecified atom stereocenters. The summed E-state index contributed by atoms with van der Waals surface area (Å²) in [5.41, 5.74) is 0.273. The monoisotopic (exact) mass is 248 g/mol. The molecule has 98 valence electrons. The Balaban J connectivity index is 1.95. The van der Waals surface area contributed by atoms with Gasteiger partial charge in [0.25, 0.3) is 0 Å². The summed E-state index contributed by atoms with van der Waals surface area (Å²) in [6.07, 6.45) is 3.67. The van der Waals surface area contributed by atoms with Crippen molar-refractivity contribution in [3.63, 3.8) is 0 Å². The molecule has 0 amide bonds. The number of aliphatic hydroxyl groups is 1. The molecule has 2 rings (SSSR count). The zero-order chi connectivity index (χ0) is 13.0. The van der Waals surface area contributed by atoms with Crippen LogP contribution in [0.2, 0.25) is 0 Å². The Morgan fingerprint density at radius 2 is 1.94 bits per heavy atom. The van der Waals surface area contributed by atoms with Gasteiger partial charge in [0, 0.05) is 6.42 Å². The van der Waals surface area contributed by atoms with Crippen LogP contribution in [0, 0.1) is 5.92 Å². The van der Waals surface area contributed by atoms with Crippen molar-refractivity contribution in [2.45, 2.75) is 37.7 Å². The number of carbonyl (C=O) groups excluding carboxylic acids is 1. The maximum absolute atomic E-state index is 11.2. The zero-order valence-electron chi connectivity index (χ0n) is 10.8. The quantitative estimate of drug-likeness (QED) is 0.836. The molecule has 0 bridgehead atoms. The molecule has 1 saturated carbocycles. The summed E-state index contributed by atoms with van der Waals surface area (Å²) in [6, 6.07) is 9.80. The van der Waals surface area contributed by atoms with E-state index in [0.29, 0.717) is 12.3 Å². The topological polar surface area (TPSA) is 46.5 Å². The molecule has 0 saturated heterocycles. The average molecular weight is 248 g/mol. The molecule has 0 atom stereocenters. The normalized spacial score (nSPS) is 27.8. The van der Waals surface area contributed by atoms with Gasteiger partial charge in [0.05, 0.1) is 12.7 Å². The molecule has 3 nitrogen and oxygen atoms in total. The number of carbonyl (C=O) groups is 1. The Kier molecular flexibility index (Phi) is 4.02. The molecule has 0 radical (unpaired) electrons. The molecule has 0 aliphatic heterocycles. The highest BCUT2D eigenvalue weighted by Crippen LogP contribution is 2.40. The molecule has 1 aliphatic carbocycles. The fourth-order valence-corrected chi connectivity index (χ4v) is 2.72. The highest BCUT2D eigenvalue weighted by molar-refractivity contribution is 5.69. The summed E-state index contributed by atoms with van der Waals surface area (Å²) in [5.74, 6) is 0.201. The SMILES string of the molecule is COC(=O)CC1CCC(O)(c2ccccc2)CC1. The van der Waals surface area contributed by atoms with Gasteiger partial charge in [-0.1, -0.05) is 30.3 Å². The summed E-state index contributed by atoms with van der Waals surface area (Å²) in [7, 11) is 1.42. The van der Waals surface area contributed by atoms with Crippen molar-refractivity contribution in [3.05, 3.63) is 35.9 Å². The first-order chi connectivity index (χ1) is 8.64. The van der Waals surface area contributed by atoms with Crippen LogP contribution in [0.4, 0.5) is 0 Å². The van der Waals surface area contributed by atoms with Gasteiger partial charge in [0.15, 0.2) is 0 Å². The molecule has 1 N–H and O–H groups in total. The number of methoxy groups -OCH3 is 1. The van der Waals surface area contributed by atoms with E-state index in [2.05, 4.69) is 4.74 Å². The maximum Gasteiger partial charge on any atom is 0.305 e. The van der Waals surface area contributed by atoms with Crippen LogP contribution in [-0.4, -0.2) is 18.2 Å². The third-order valence-corrected chi connectivity index (χ3v) is 3.93. The van der Waals surface area contributed by atoms with Crippen LogP contribution in [0.25, 0.3) is 0 Å². The van der Waals surface area contributed by atoms with E-state index in [1.54, 1.807) is 0 Å². The Morgan fingerprint density at radius 1 is 1.33 bits per heavy atom. The van der Waals surface area contributed by atoms with Gasteiger partial charge in [0.2, 0.25) is 0 Å². The van der Waals surface area contributed by atoms with Gasteiger partial charge in [-0.15, -0.1) is 0 Å². The smallest absolute Gasteiger partial charge is 0.305 e. The molecule has 1 aliphatic rings. The highest BCUT2D eigenvalue weighted by Gasteiger charge is 2.35. The van der Waals surface area contributed by atoms with Gasteiger partial charge in [-0.25, -0.2) is 0 Å². The Morgan fingerprint density at radius 3 is 2.50 bits per heavy atom. The largest absolute Gasteiger partial charge is 0.469 e. The Hall–Kier alpha value is -1.35. The number of ether oxygens (including phenoxy) is 1. The second-order valence-electron chi connectivity index (χ2n) is 5.12. The van der Waals surface area contributed by atoms with E-state index in [0.717, 1.165) is 31.2 Å². The third kappa shape index (κ3) is 2.91. The van der Waals surface area contributed by atoms with Crippen molar-refractivity contribution < 1.29 is 14.6 Å². The molecule has 3 heteroatoms. The summed E-state index contributed by atoms with van der Waals surface area (Å²) >= 11 is 0. The summed E-state index contributed by atoms with van der Waals surface area (Å²) in [6.45, 7) is 0. The lowest BCUT2D eigenvalue weighted by Gasteiger charge is -2.36. The minimum Gasteiger partial charge on any atom is -0.469 e. The lowest BCUT2D eigenvalue weighted by molar-refractivity contribution is -0.142. The van der Waals surface area contributed by atoms with Crippen LogP contribution in [0.15, 0.2) is 30.3 Å². The van der Waals surface area contributed by atoms with E-state index in [9.17, 15) is 9.90 Å². The molecular formula is C15H20O3. The predicted molar refractivity (Wildman–Crippen MR) is 68.9 cm³/mol. The van der Waals surface area contributed by atoms with E-state index < -0.39 is 5.60 Å². The van der Waals surface area contributed by atoms with Gasteiger partial charge in [-0.2, -0.15) is 0 Å². The first-order valence-corrected chi connectivity index (χ1v) is 6.49. The van der Waals surface area contributed by atoms with Crippen LogP contribution in [0.3, 0.4) is 0 Å². The van der Waals surface area contributed by atoms with E-state index >= 15 is 0 Å². The lowest BCUT2D eigenvalue weighted by atomic mass is 9.74. The van der Waals surface area contributed by atoms with Crippen molar-refractivity contribution >= 4 is 5.97 Å². The Bertz CT molecular complexity index is 391. The van der Waals surface area contributed by atoms with Crippen LogP contribution in [0.5, 0.6) is 0 Å². The standard InChI is InChI=1S/C15H20O3/c1-18-14(16)11-12-7-9-15(17,10-8-12)13-5-3-2-4-6-13/h2-6,12,17H,7-11H2,1H3. The van der Waals surface area contributed by atoms with Gasteiger partial charge in [-0.3, -0.25) is 4.79 Å². The van der Waals surface area contributed by atoms with E-state index in [-0.39, 0.29) is 5.97 Å². The maximum atomic E-state index is 11.2. The Labute approximate surface area is 108 Å². The van der Waals surface area contributed by atoms with Crippen molar-refractivity contribution in [2.24, 2.45) is 5.92 Å². The third-order valence-electron chi connectivity index (χ3n) is 3.93. The van der Waals surface area contributed by atoms with Crippen LogP contribution >= 0.6 is 0 Å². The van der Waals surface area contributed by atoms with Gasteiger partial charge in [-0.05, 0) is 37.2 Å². The van der Waals surface area contributed by atoms with Crippen molar-refractivity contribution in [1.29, 1.82) is 0 Å². The number of benzene rings is 1. The second kappa shape index (κ2) is 5.53. The minimum absolute atomic E-state index is 0.148. The molecule has 0 aromatic heterocycles. The lowest BCUT2D eigenvalue weighted by Crippen LogP contribution is -2.32. The fraction of sp³-hybridized carbons (Fsp3) is 0.533. The molecule has 0 heterocycles. The first-order valence-electron chi connectivity index (χ1n) is 6.49. The van der Waals surface area contributed by atoms with Crippen molar-refractivity contribution in [1.82, 2.24) is 0 Å². The molecule has 1 aromatic rings. The number of rotatable bonds is 3. The van der Waals surface area contributed by atoms with Crippen LogP contribution < -0.4 is 0 Å². The molecule has 1 aromatic carbocycles. The number of hydrogen-bond donors (Lipinski definition) is 1. The average Bonchev–Trinajstić information content (AvgIpc) is 2.42. The highest BCUT2D eigenvalue weighted by atomic mass is 16.5. The molecule has 1 fully saturated rings. The van der Waals surface area contributed by atoms with Crippen molar-refractivity contribution in [2.75, 3.05) is 7.11 Å². The van der Waals surface area contributed by atoms with E-state index in [4.69, 9.17) is 0 Å². The minimum atomic E-state index is -0.714. The number of hydrogen-bond acceptors (Lipinski definition) is 3. The first kappa shape index (κ1) is 13.1. The number of esters is 1. The second-order valence-corrected chi connectivity index (χ2v) is 5.12. The summed E-state index contributed by atoms with van der Waals surface area (Å²) < 4.78 is 4.69. The molecule has 18 heavy (non-hydrogen) atoms. The summed E-state index contributed by atoms with van der Waals surface area (Å²) in [4.78, 5) is 11.2. The van der Waals surface area contributed by atoms with E-state index in [1.165, 1.54) is 7.11 Å². The van der Waals surface area contributed by atoms with Gasteiger partial charge in [0.1, 0.15) is 0 Å². The summed E-state index contributed by atoms with van der Waals surface area (Å²) in [5, 5.41) is 10.6. The fourth-order valence-electron chi connectivity index (χ4n) is 2.72. The van der Waals surface area contributed by atoms with Crippen molar-refractivity contribution in [3.8, 4) is 0 Å².